The number of benzene rings is 2. The molecule has 0 heterocycles. The average molecular weight is 383 g/mol. The number of carbonyl (C=O) groups is 2. The van der Waals surface area contributed by atoms with E-state index in [-0.39, 0.29) is 11.8 Å². The number of nitrogens with one attached hydrogen (secondary N) is 1. The molecule has 150 valence electrons. The van der Waals surface area contributed by atoms with Crippen molar-refractivity contribution >= 4 is 11.8 Å². The number of hydrogen-bond acceptors (Lipinski definition) is 3. The number of nitrogens with zero attached hydrogens (tertiary/aromatic N) is 1. The Morgan fingerprint density at radius 2 is 1.86 bits per heavy atom. The first-order valence-corrected chi connectivity index (χ1v) is 9.79. The summed E-state index contributed by atoms with van der Waals surface area (Å²) >= 11 is 0. The van der Waals surface area contributed by atoms with E-state index in [9.17, 15) is 9.59 Å². The van der Waals surface area contributed by atoms with Gasteiger partial charge in [0, 0.05) is 20.0 Å². The molecule has 0 aliphatic carbocycles. The van der Waals surface area contributed by atoms with Crippen LogP contribution in [-0.4, -0.2) is 36.4 Å². The van der Waals surface area contributed by atoms with E-state index in [1.165, 1.54) is 0 Å². The minimum atomic E-state index is -0.479. The van der Waals surface area contributed by atoms with Crippen molar-refractivity contribution in [2.45, 2.75) is 45.7 Å². The van der Waals surface area contributed by atoms with Gasteiger partial charge in [-0.05, 0) is 37.5 Å². The number of para-hydroxylation sites is 1. The smallest absolute Gasteiger partial charge is 0.242 e. The maximum absolute atomic E-state index is 13.0. The van der Waals surface area contributed by atoms with Gasteiger partial charge in [0.2, 0.25) is 11.8 Å². The van der Waals surface area contributed by atoms with Crippen LogP contribution in [0.15, 0.2) is 54.6 Å². The molecule has 0 saturated heterocycles. The van der Waals surface area contributed by atoms with Gasteiger partial charge in [-0.2, -0.15) is 0 Å². The first-order chi connectivity index (χ1) is 13.5. The third kappa shape index (κ3) is 6.41. The molecule has 0 unspecified atom stereocenters. The third-order valence-corrected chi connectivity index (χ3v) is 4.61. The molecular weight excluding hydrogens is 352 g/mol. The summed E-state index contributed by atoms with van der Waals surface area (Å²) in [5.74, 6) is 0.626. The number of hydrogen-bond donors (Lipinski definition) is 1. The minimum Gasteiger partial charge on any atom is -0.494 e. The van der Waals surface area contributed by atoms with Crippen LogP contribution < -0.4 is 10.1 Å². The van der Waals surface area contributed by atoms with E-state index in [0.29, 0.717) is 32.4 Å². The summed E-state index contributed by atoms with van der Waals surface area (Å²) in [4.78, 5) is 27.0. The Morgan fingerprint density at radius 3 is 2.50 bits per heavy atom. The fraction of sp³-hybridized carbons (Fsp3) is 0.391. The summed E-state index contributed by atoms with van der Waals surface area (Å²) in [6.07, 6.45) is 1.51. The predicted octanol–water partition coefficient (Wildman–Crippen LogP) is 3.71. The van der Waals surface area contributed by atoms with E-state index >= 15 is 0 Å². The first-order valence-electron chi connectivity index (χ1n) is 9.79. The maximum atomic E-state index is 13.0. The summed E-state index contributed by atoms with van der Waals surface area (Å²) in [6.45, 7) is 4.83. The van der Waals surface area contributed by atoms with Crippen LogP contribution in [0.2, 0.25) is 0 Å². The highest BCUT2D eigenvalue weighted by molar-refractivity contribution is 5.87. The van der Waals surface area contributed by atoms with Crippen molar-refractivity contribution < 1.29 is 14.3 Å². The van der Waals surface area contributed by atoms with E-state index in [0.717, 1.165) is 16.9 Å². The normalized spacial score (nSPS) is 11.5. The zero-order valence-corrected chi connectivity index (χ0v) is 17.0. The molecule has 5 nitrogen and oxygen atoms in total. The Hall–Kier alpha value is -2.82. The molecule has 0 aliphatic heterocycles. The zero-order chi connectivity index (χ0) is 20.4. The standard InChI is InChI=1S/C23H30N2O3/c1-4-21(23(27)24-3)25(17-19-11-8-10-18(2)16-19)22(26)14-9-15-28-20-12-6-5-7-13-20/h5-8,10-13,16,21H,4,9,14-15,17H2,1-3H3,(H,24,27)/t21-/m1/s1. The van der Waals surface area contributed by atoms with Crippen LogP contribution in [0.5, 0.6) is 5.75 Å². The SMILES string of the molecule is CC[C@H](C(=O)NC)N(Cc1cccc(C)c1)C(=O)CCCOc1ccccc1. The van der Waals surface area contributed by atoms with Gasteiger partial charge in [0.15, 0.2) is 0 Å². The topological polar surface area (TPSA) is 58.6 Å². The monoisotopic (exact) mass is 382 g/mol. The summed E-state index contributed by atoms with van der Waals surface area (Å²) in [5, 5.41) is 2.68. The van der Waals surface area contributed by atoms with Gasteiger partial charge < -0.3 is 15.0 Å². The lowest BCUT2D eigenvalue weighted by molar-refractivity contribution is -0.141. The Bertz CT molecular complexity index is 761. The highest BCUT2D eigenvalue weighted by Crippen LogP contribution is 2.16. The van der Waals surface area contributed by atoms with E-state index in [4.69, 9.17) is 4.74 Å². The van der Waals surface area contributed by atoms with Crippen molar-refractivity contribution in [3.05, 3.63) is 65.7 Å². The van der Waals surface area contributed by atoms with Crippen LogP contribution in [0, 0.1) is 6.92 Å². The number of likely N-dealkylation sites (N-methyl/N-ethyl adjacent to an activating group) is 1. The summed E-state index contributed by atoms with van der Waals surface area (Å²) in [5.41, 5.74) is 2.16. The summed E-state index contributed by atoms with van der Waals surface area (Å²) in [7, 11) is 1.61. The molecular formula is C23H30N2O3. The van der Waals surface area contributed by atoms with Crippen LogP contribution in [0.25, 0.3) is 0 Å². The van der Waals surface area contributed by atoms with Gasteiger partial charge >= 0.3 is 0 Å². The highest BCUT2D eigenvalue weighted by atomic mass is 16.5. The second-order valence-electron chi connectivity index (χ2n) is 6.81. The highest BCUT2D eigenvalue weighted by Gasteiger charge is 2.27. The second kappa shape index (κ2) is 11.1. The molecule has 1 atom stereocenters. The second-order valence-corrected chi connectivity index (χ2v) is 6.81. The number of amides is 2. The lowest BCUT2D eigenvalue weighted by atomic mass is 10.1. The minimum absolute atomic E-state index is 0.0337. The average Bonchev–Trinajstić information content (AvgIpc) is 2.71. The van der Waals surface area contributed by atoms with Gasteiger partial charge in [0.05, 0.1) is 6.61 Å². The lowest BCUT2D eigenvalue weighted by Crippen LogP contribution is -2.48. The van der Waals surface area contributed by atoms with Gasteiger partial charge in [-0.3, -0.25) is 9.59 Å². The Kier molecular flexibility index (Phi) is 8.53. The predicted molar refractivity (Wildman–Crippen MR) is 111 cm³/mol. The molecule has 0 aromatic heterocycles. The van der Waals surface area contributed by atoms with Crippen molar-refractivity contribution in [3.63, 3.8) is 0 Å². The van der Waals surface area contributed by atoms with E-state index < -0.39 is 6.04 Å². The Labute approximate surface area is 167 Å². The molecule has 0 bridgehead atoms. The quantitative estimate of drug-likeness (QED) is 0.637. The molecule has 0 radical (unpaired) electrons. The Morgan fingerprint density at radius 1 is 1.11 bits per heavy atom. The molecule has 2 aromatic carbocycles. The molecule has 28 heavy (non-hydrogen) atoms. The molecule has 2 rings (SSSR count). The van der Waals surface area contributed by atoms with Crippen LogP contribution in [0.4, 0.5) is 0 Å². The van der Waals surface area contributed by atoms with Gasteiger partial charge in [-0.1, -0.05) is 55.0 Å². The molecule has 0 fully saturated rings. The van der Waals surface area contributed by atoms with E-state index in [2.05, 4.69) is 11.4 Å². The van der Waals surface area contributed by atoms with Crippen molar-refractivity contribution in [1.82, 2.24) is 10.2 Å². The van der Waals surface area contributed by atoms with Gasteiger partial charge in [0.25, 0.3) is 0 Å². The van der Waals surface area contributed by atoms with Crippen molar-refractivity contribution in [3.8, 4) is 5.75 Å². The van der Waals surface area contributed by atoms with Crippen molar-refractivity contribution in [1.29, 1.82) is 0 Å². The number of ether oxygens (including phenoxy) is 1. The first kappa shape index (κ1) is 21.5. The van der Waals surface area contributed by atoms with Crippen LogP contribution >= 0.6 is 0 Å². The van der Waals surface area contributed by atoms with Gasteiger partial charge in [-0.25, -0.2) is 0 Å². The molecule has 2 amide bonds. The lowest BCUT2D eigenvalue weighted by Gasteiger charge is -2.30. The van der Waals surface area contributed by atoms with Crippen molar-refractivity contribution in [2.75, 3.05) is 13.7 Å². The molecule has 1 N–H and O–H groups in total. The largest absolute Gasteiger partial charge is 0.494 e. The zero-order valence-electron chi connectivity index (χ0n) is 17.0. The van der Waals surface area contributed by atoms with Gasteiger partial charge in [-0.15, -0.1) is 0 Å². The fourth-order valence-corrected chi connectivity index (χ4v) is 3.17. The molecule has 0 aliphatic rings. The van der Waals surface area contributed by atoms with Crippen LogP contribution in [0.1, 0.15) is 37.3 Å². The van der Waals surface area contributed by atoms with Crippen LogP contribution in [-0.2, 0) is 16.1 Å². The number of aryl methyl sites for hydroxylation is 1. The van der Waals surface area contributed by atoms with Crippen molar-refractivity contribution in [2.24, 2.45) is 0 Å². The van der Waals surface area contributed by atoms with Gasteiger partial charge in [0.1, 0.15) is 11.8 Å². The molecule has 5 heteroatoms. The number of carbonyl (C=O) groups excluding carboxylic acids is 2. The fourth-order valence-electron chi connectivity index (χ4n) is 3.17. The van der Waals surface area contributed by atoms with E-state index in [1.54, 1.807) is 11.9 Å². The third-order valence-electron chi connectivity index (χ3n) is 4.61. The Balaban J connectivity index is 2.02. The maximum Gasteiger partial charge on any atom is 0.242 e. The summed E-state index contributed by atoms with van der Waals surface area (Å²) in [6, 6.07) is 17.1. The van der Waals surface area contributed by atoms with Crippen LogP contribution in [0.3, 0.4) is 0 Å². The summed E-state index contributed by atoms with van der Waals surface area (Å²) < 4.78 is 5.68. The van der Waals surface area contributed by atoms with E-state index in [1.807, 2.05) is 62.4 Å². The molecule has 2 aromatic rings. The molecule has 0 saturated carbocycles. The molecule has 0 spiro atoms. The number of rotatable bonds is 10.